The van der Waals surface area contributed by atoms with Gasteiger partial charge in [0.25, 0.3) is 5.91 Å². The lowest BCUT2D eigenvalue weighted by atomic mass is 10.1. The third kappa shape index (κ3) is 4.01. The maximum Gasteiger partial charge on any atom is 0.254 e. The summed E-state index contributed by atoms with van der Waals surface area (Å²) in [6.45, 7) is 2.48. The number of rotatable bonds is 5. The van der Waals surface area contributed by atoms with Crippen LogP contribution in [0.4, 0.5) is 5.69 Å². The van der Waals surface area contributed by atoms with E-state index in [9.17, 15) is 4.79 Å². The predicted octanol–water partition coefficient (Wildman–Crippen LogP) is 1.85. The molecule has 0 bridgehead atoms. The summed E-state index contributed by atoms with van der Waals surface area (Å²) in [5.41, 5.74) is 7.61. The number of amides is 1. The quantitative estimate of drug-likeness (QED) is 0.813. The number of hydrogen-bond acceptors (Lipinski definition) is 4. The molecule has 0 radical (unpaired) electrons. The summed E-state index contributed by atoms with van der Waals surface area (Å²) in [6.07, 6.45) is 0.510. The van der Waals surface area contributed by atoms with Crippen molar-refractivity contribution in [3.63, 3.8) is 0 Å². The van der Waals surface area contributed by atoms with Crippen molar-refractivity contribution in [2.45, 2.75) is 19.8 Å². The lowest BCUT2D eigenvalue weighted by molar-refractivity contribution is 0.0762. The van der Waals surface area contributed by atoms with Crippen molar-refractivity contribution < 1.29 is 4.79 Å². The van der Waals surface area contributed by atoms with Crippen molar-refractivity contribution in [1.82, 2.24) is 4.90 Å². The van der Waals surface area contributed by atoms with E-state index < -0.39 is 0 Å². The number of carbonyl (C=O) groups is 1. The molecule has 0 aliphatic rings. The summed E-state index contributed by atoms with van der Waals surface area (Å²) in [5, 5.41) is 17.2. The molecule has 0 fully saturated rings. The molecule has 0 spiro atoms. The summed E-state index contributed by atoms with van der Waals surface area (Å²) >= 11 is 0. The molecule has 0 aliphatic heterocycles. The second-order valence-corrected chi connectivity index (χ2v) is 4.18. The maximum atomic E-state index is 12.4. The van der Waals surface area contributed by atoms with Gasteiger partial charge in [-0.3, -0.25) is 4.79 Å². The molecular formula is C14H16N4O. The smallest absolute Gasteiger partial charge is 0.254 e. The van der Waals surface area contributed by atoms with Crippen LogP contribution >= 0.6 is 0 Å². The molecule has 5 nitrogen and oxygen atoms in total. The van der Waals surface area contributed by atoms with E-state index in [4.69, 9.17) is 16.3 Å². The van der Waals surface area contributed by atoms with Gasteiger partial charge in [0, 0.05) is 24.3 Å². The van der Waals surface area contributed by atoms with Crippen LogP contribution in [0.5, 0.6) is 0 Å². The number of nitrogens with zero attached hydrogens (tertiary/aromatic N) is 3. The molecule has 2 N–H and O–H groups in total. The van der Waals surface area contributed by atoms with Gasteiger partial charge in [-0.25, -0.2) is 0 Å². The molecule has 0 aromatic heterocycles. The number of nitrogen functional groups attached to an aromatic ring is 1. The average Bonchev–Trinajstić information content (AvgIpc) is 2.38. The van der Waals surface area contributed by atoms with Crippen molar-refractivity contribution in [2.75, 3.05) is 18.8 Å². The van der Waals surface area contributed by atoms with Gasteiger partial charge in [-0.15, -0.1) is 0 Å². The van der Waals surface area contributed by atoms with Crippen molar-refractivity contribution in [3.8, 4) is 12.1 Å². The number of carbonyl (C=O) groups excluding carboxylic acids is 1. The molecule has 1 aromatic rings. The standard InChI is InChI=1S/C14H16N4O/c1-11-10-12(17)4-5-13(11)14(19)18(8-2-6-15)9-3-7-16/h4-5,10H,2-3,8-9,17H2,1H3. The van der Waals surface area contributed by atoms with Crippen LogP contribution in [-0.2, 0) is 0 Å². The first-order chi connectivity index (χ1) is 9.10. The highest BCUT2D eigenvalue weighted by atomic mass is 16.2. The van der Waals surface area contributed by atoms with Crippen LogP contribution in [0.1, 0.15) is 28.8 Å². The fourth-order valence-corrected chi connectivity index (χ4v) is 1.78. The monoisotopic (exact) mass is 256 g/mol. The fraction of sp³-hybridized carbons (Fsp3) is 0.357. The number of aryl methyl sites for hydroxylation is 1. The molecule has 5 heteroatoms. The number of nitrogens with two attached hydrogens (primary N) is 1. The number of hydrogen-bond donors (Lipinski definition) is 1. The molecule has 0 unspecified atom stereocenters. The first-order valence-electron chi connectivity index (χ1n) is 5.99. The topological polar surface area (TPSA) is 93.9 Å². The third-order valence-corrected chi connectivity index (χ3v) is 2.76. The zero-order valence-corrected chi connectivity index (χ0v) is 10.9. The van der Waals surface area contributed by atoms with Crippen LogP contribution in [-0.4, -0.2) is 23.9 Å². The van der Waals surface area contributed by atoms with Gasteiger partial charge in [-0.2, -0.15) is 10.5 Å². The second-order valence-electron chi connectivity index (χ2n) is 4.18. The summed E-state index contributed by atoms with van der Waals surface area (Å²) in [4.78, 5) is 13.9. The van der Waals surface area contributed by atoms with Gasteiger partial charge in [0.05, 0.1) is 25.0 Å². The van der Waals surface area contributed by atoms with E-state index >= 15 is 0 Å². The molecule has 1 amide bonds. The zero-order chi connectivity index (χ0) is 14.3. The summed E-state index contributed by atoms with van der Waals surface area (Å²) in [5.74, 6) is -0.164. The number of nitriles is 2. The van der Waals surface area contributed by atoms with E-state index in [2.05, 4.69) is 0 Å². The Kier molecular flexibility index (Phi) is 5.37. The van der Waals surface area contributed by atoms with Crippen molar-refractivity contribution >= 4 is 11.6 Å². The SMILES string of the molecule is Cc1cc(N)ccc1C(=O)N(CCC#N)CCC#N. The molecule has 98 valence electrons. The first-order valence-corrected chi connectivity index (χ1v) is 5.99. The van der Waals surface area contributed by atoms with Crippen LogP contribution < -0.4 is 5.73 Å². The fourth-order valence-electron chi connectivity index (χ4n) is 1.78. The highest BCUT2D eigenvalue weighted by Gasteiger charge is 2.17. The summed E-state index contributed by atoms with van der Waals surface area (Å²) < 4.78 is 0. The van der Waals surface area contributed by atoms with E-state index in [1.807, 2.05) is 19.1 Å². The summed E-state index contributed by atoms with van der Waals surface area (Å²) in [7, 11) is 0. The minimum Gasteiger partial charge on any atom is -0.399 e. The molecule has 0 saturated carbocycles. The first kappa shape index (κ1) is 14.5. The van der Waals surface area contributed by atoms with Crippen LogP contribution in [0.25, 0.3) is 0 Å². The van der Waals surface area contributed by atoms with Gasteiger partial charge < -0.3 is 10.6 Å². The van der Waals surface area contributed by atoms with Gasteiger partial charge >= 0.3 is 0 Å². The van der Waals surface area contributed by atoms with E-state index in [0.717, 1.165) is 5.56 Å². The van der Waals surface area contributed by atoms with E-state index in [1.54, 1.807) is 18.2 Å². The Morgan fingerprint density at radius 2 is 1.84 bits per heavy atom. The lowest BCUT2D eigenvalue weighted by Gasteiger charge is -2.21. The lowest BCUT2D eigenvalue weighted by Crippen LogP contribution is -2.33. The zero-order valence-electron chi connectivity index (χ0n) is 10.9. The molecule has 1 rings (SSSR count). The largest absolute Gasteiger partial charge is 0.399 e. The van der Waals surface area contributed by atoms with Crippen LogP contribution in [0.3, 0.4) is 0 Å². The molecule has 0 saturated heterocycles. The molecule has 1 aromatic carbocycles. The van der Waals surface area contributed by atoms with Crippen LogP contribution in [0, 0.1) is 29.6 Å². The molecule has 0 aliphatic carbocycles. The van der Waals surface area contributed by atoms with Crippen molar-refractivity contribution in [2.24, 2.45) is 0 Å². The van der Waals surface area contributed by atoms with Crippen molar-refractivity contribution in [1.29, 1.82) is 10.5 Å². The van der Waals surface area contributed by atoms with Gasteiger partial charge in [0.15, 0.2) is 0 Å². The molecule has 19 heavy (non-hydrogen) atoms. The number of benzene rings is 1. The van der Waals surface area contributed by atoms with Gasteiger partial charge in [-0.05, 0) is 30.7 Å². The highest BCUT2D eigenvalue weighted by Crippen LogP contribution is 2.15. The Hall–Kier alpha value is -2.53. The molecule has 0 atom stereocenters. The highest BCUT2D eigenvalue weighted by molar-refractivity contribution is 5.96. The van der Waals surface area contributed by atoms with Crippen LogP contribution in [0.15, 0.2) is 18.2 Å². The Morgan fingerprint density at radius 3 is 2.32 bits per heavy atom. The predicted molar refractivity (Wildman–Crippen MR) is 72.0 cm³/mol. The van der Waals surface area contributed by atoms with Gasteiger partial charge in [-0.1, -0.05) is 0 Å². The van der Waals surface area contributed by atoms with Gasteiger partial charge in [0.2, 0.25) is 0 Å². The third-order valence-electron chi connectivity index (χ3n) is 2.76. The maximum absolute atomic E-state index is 12.4. The second kappa shape index (κ2) is 7.03. The Balaban J connectivity index is 2.91. The summed E-state index contributed by atoms with van der Waals surface area (Å²) in [6, 6.07) is 9.10. The van der Waals surface area contributed by atoms with E-state index in [0.29, 0.717) is 24.3 Å². The molecule has 0 heterocycles. The Bertz CT molecular complexity index is 521. The Labute approximate surface area is 112 Å². The normalized spacial score (nSPS) is 9.42. The van der Waals surface area contributed by atoms with Crippen molar-refractivity contribution in [3.05, 3.63) is 29.3 Å². The van der Waals surface area contributed by atoms with E-state index in [-0.39, 0.29) is 18.7 Å². The minimum absolute atomic E-state index is 0.164. The average molecular weight is 256 g/mol. The van der Waals surface area contributed by atoms with Gasteiger partial charge in [0.1, 0.15) is 0 Å². The Morgan fingerprint density at radius 1 is 1.26 bits per heavy atom. The minimum atomic E-state index is -0.164. The van der Waals surface area contributed by atoms with Crippen LogP contribution in [0.2, 0.25) is 0 Å². The number of anilines is 1. The van der Waals surface area contributed by atoms with E-state index in [1.165, 1.54) is 4.90 Å². The molecular weight excluding hydrogens is 240 g/mol.